The van der Waals surface area contributed by atoms with E-state index in [1.807, 2.05) is 40.1 Å². The molecule has 0 atom stereocenters. The van der Waals surface area contributed by atoms with Crippen LogP contribution in [0.15, 0.2) is 46.5 Å². The SMILES string of the molecule is c1ccc2c(c1)ncn2Sc1nccs1. The molecule has 0 spiro atoms. The summed E-state index contributed by atoms with van der Waals surface area (Å²) in [4.78, 5) is 8.55. The van der Waals surface area contributed by atoms with Crippen LogP contribution in [-0.4, -0.2) is 13.9 Å². The van der Waals surface area contributed by atoms with Crippen molar-refractivity contribution in [3.63, 3.8) is 0 Å². The summed E-state index contributed by atoms with van der Waals surface area (Å²) in [7, 11) is 0. The fraction of sp³-hybridized carbons (Fsp3) is 0. The lowest BCUT2D eigenvalue weighted by molar-refractivity contribution is 1.21. The van der Waals surface area contributed by atoms with Crippen molar-refractivity contribution >= 4 is 34.3 Å². The van der Waals surface area contributed by atoms with Gasteiger partial charge in [-0.3, -0.25) is 3.97 Å². The Bertz CT molecular complexity index is 571. The molecule has 0 aliphatic rings. The number of imidazole rings is 1. The molecule has 0 radical (unpaired) electrons. The number of hydrogen-bond acceptors (Lipinski definition) is 4. The molecule has 74 valence electrons. The number of para-hydroxylation sites is 2. The third-order valence-electron chi connectivity index (χ3n) is 2.01. The summed E-state index contributed by atoms with van der Waals surface area (Å²) in [6.07, 6.45) is 3.64. The van der Waals surface area contributed by atoms with Crippen LogP contribution in [0.3, 0.4) is 0 Å². The van der Waals surface area contributed by atoms with Gasteiger partial charge >= 0.3 is 0 Å². The van der Waals surface area contributed by atoms with E-state index >= 15 is 0 Å². The second-order valence-corrected chi connectivity index (χ2v) is 5.06. The normalized spacial score (nSPS) is 10.9. The van der Waals surface area contributed by atoms with Crippen LogP contribution in [0.5, 0.6) is 0 Å². The van der Waals surface area contributed by atoms with E-state index in [1.54, 1.807) is 23.3 Å². The first kappa shape index (κ1) is 8.94. The molecule has 15 heavy (non-hydrogen) atoms. The molecule has 2 aromatic heterocycles. The third kappa shape index (κ3) is 1.64. The molecule has 0 unspecified atom stereocenters. The molecule has 0 aliphatic carbocycles. The third-order valence-corrected chi connectivity index (χ3v) is 3.83. The standard InChI is InChI=1S/C10H7N3S2/c1-2-4-9-8(3-1)12-7-13(9)15-10-11-5-6-14-10/h1-7H. The average molecular weight is 233 g/mol. The van der Waals surface area contributed by atoms with Crippen molar-refractivity contribution in [2.45, 2.75) is 4.34 Å². The highest BCUT2D eigenvalue weighted by atomic mass is 32.2. The van der Waals surface area contributed by atoms with Crippen molar-refractivity contribution in [1.29, 1.82) is 0 Å². The first-order valence-corrected chi connectivity index (χ1v) is 6.09. The quantitative estimate of drug-likeness (QED) is 0.681. The summed E-state index contributed by atoms with van der Waals surface area (Å²) in [5.74, 6) is 0. The lowest BCUT2D eigenvalue weighted by Crippen LogP contribution is -1.82. The molecule has 0 N–H and O–H groups in total. The van der Waals surface area contributed by atoms with Crippen LogP contribution in [0.1, 0.15) is 0 Å². The average Bonchev–Trinajstić information content (AvgIpc) is 2.89. The molecule has 0 fully saturated rings. The van der Waals surface area contributed by atoms with Crippen LogP contribution >= 0.6 is 23.3 Å². The van der Waals surface area contributed by atoms with Gasteiger partial charge in [0.1, 0.15) is 6.33 Å². The van der Waals surface area contributed by atoms with Gasteiger partial charge in [-0.05, 0) is 12.1 Å². The molecule has 0 saturated carbocycles. The Balaban J connectivity index is 2.05. The monoisotopic (exact) mass is 233 g/mol. The Hall–Kier alpha value is -1.33. The molecular formula is C10H7N3S2. The van der Waals surface area contributed by atoms with Crippen LogP contribution < -0.4 is 0 Å². The van der Waals surface area contributed by atoms with Crippen LogP contribution in [0, 0.1) is 0 Å². The van der Waals surface area contributed by atoms with Gasteiger partial charge in [0.05, 0.1) is 11.0 Å². The molecule has 3 nitrogen and oxygen atoms in total. The topological polar surface area (TPSA) is 30.7 Å². The summed E-state index contributed by atoms with van der Waals surface area (Å²) in [6.45, 7) is 0. The van der Waals surface area contributed by atoms with Crippen LogP contribution in [-0.2, 0) is 0 Å². The molecule has 0 aliphatic heterocycles. The zero-order valence-electron chi connectivity index (χ0n) is 7.70. The molecule has 1 aromatic carbocycles. The lowest BCUT2D eigenvalue weighted by Gasteiger charge is -1.98. The summed E-state index contributed by atoms with van der Waals surface area (Å²) >= 11 is 3.22. The van der Waals surface area contributed by atoms with Gasteiger partial charge < -0.3 is 0 Å². The molecule has 5 heteroatoms. The van der Waals surface area contributed by atoms with Crippen LogP contribution in [0.2, 0.25) is 0 Å². The van der Waals surface area contributed by atoms with Gasteiger partial charge in [-0.15, -0.1) is 11.3 Å². The molecule has 3 rings (SSSR count). The zero-order valence-corrected chi connectivity index (χ0v) is 9.33. The highest BCUT2D eigenvalue weighted by molar-refractivity contribution is 7.99. The molecule has 0 bridgehead atoms. The predicted molar refractivity (Wildman–Crippen MR) is 63.1 cm³/mol. The Morgan fingerprint density at radius 1 is 1.20 bits per heavy atom. The maximum absolute atomic E-state index is 4.32. The molecule has 0 amide bonds. The molecule has 3 aromatic rings. The number of fused-ring (bicyclic) bond motifs is 1. The van der Waals surface area contributed by atoms with E-state index in [1.165, 1.54) is 0 Å². The highest BCUT2D eigenvalue weighted by Crippen LogP contribution is 2.26. The second kappa shape index (κ2) is 3.67. The Labute approximate surface area is 94.9 Å². The highest BCUT2D eigenvalue weighted by Gasteiger charge is 2.04. The fourth-order valence-electron chi connectivity index (χ4n) is 1.35. The van der Waals surface area contributed by atoms with E-state index < -0.39 is 0 Å². The summed E-state index contributed by atoms with van der Waals surface area (Å²) in [5.41, 5.74) is 2.14. The minimum absolute atomic E-state index is 1.02. The number of nitrogens with zero attached hydrogens (tertiary/aromatic N) is 3. The van der Waals surface area contributed by atoms with Gasteiger partial charge in [0.2, 0.25) is 0 Å². The number of rotatable bonds is 2. The smallest absolute Gasteiger partial charge is 0.170 e. The maximum Gasteiger partial charge on any atom is 0.170 e. The van der Waals surface area contributed by atoms with Crippen molar-refractivity contribution in [2.24, 2.45) is 0 Å². The lowest BCUT2D eigenvalue weighted by atomic mass is 10.3. The van der Waals surface area contributed by atoms with Crippen molar-refractivity contribution in [1.82, 2.24) is 13.9 Å². The second-order valence-electron chi connectivity index (χ2n) is 2.95. The summed E-state index contributed by atoms with van der Waals surface area (Å²) in [5, 5.41) is 1.97. The van der Waals surface area contributed by atoms with E-state index in [-0.39, 0.29) is 0 Å². The fourth-order valence-corrected chi connectivity index (χ4v) is 2.91. The van der Waals surface area contributed by atoms with E-state index in [9.17, 15) is 0 Å². The minimum Gasteiger partial charge on any atom is -0.266 e. The first-order valence-electron chi connectivity index (χ1n) is 4.43. The van der Waals surface area contributed by atoms with Gasteiger partial charge in [0.25, 0.3) is 0 Å². The van der Waals surface area contributed by atoms with Gasteiger partial charge in [0, 0.05) is 23.5 Å². The van der Waals surface area contributed by atoms with Gasteiger partial charge in [-0.25, -0.2) is 9.97 Å². The van der Waals surface area contributed by atoms with E-state index in [4.69, 9.17) is 0 Å². The maximum atomic E-state index is 4.32. The number of thiazole rings is 1. The Morgan fingerprint density at radius 2 is 2.13 bits per heavy atom. The van der Waals surface area contributed by atoms with E-state index in [0.717, 1.165) is 15.4 Å². The van der Waals surface area contributed by atoms with Crippen molar-refractivity contribution in [3.8, 4) is 0 Å². The number of benzene rings is 1. The first-order chi connectivity index (χ1) is 7.43. The molecular weight excluding hydrogens is 226 g/mol. The zero-order chi connectivity index (χ0) is 10.1. The minimum atomic E-state index is 1.02. The van der Waals surface area contributed by atoms with E-state index in [0.29, 0.717) is 0 Å². The number of aromatic nitrogens is 3. The van der Waals surface area contributed by atoms with E-state index in [2.05, 4.69) is 16.0 Å². The van der Waals surface area contributed by atoms with Crippen LogP contribution in [0.25, 0.3) is 11.0 Å². The molecule has 0 saturated heterocycles. The Kier molecular flexibility index (Phi) is 2.19. The van der Waals surface area contributed by atoms with Crippen molar-refractivity contribution in [2.75, 3.05) is 0 Å². The Morgan fingerprint density at radius 3 is 3.00 bits per heavy atom. The number of hydrogen-bond donors (Lipinski definition) is 0. The van der Waals surface area contributed by atoms with Crippen LogP contribution in [0.4, 0.5) is 0 Å². The van der Waals surface area contributed by atoms with Gasteiger partial charge in [-0.1, -0.05) is 12.1 Å². The summed E-state index contributed by atoms with van der Waals surface area (Å²) < 4.78 is 3.06. The largest absolute Gasteiger partial charge is 0.266 e. The molecule has 2 heterocycles. The van der Waals surface area contributed by atoms with Crippen molar-refractivity contribution in [3.05, 3.63) is 42.2 Å². The predicted octanol–water partition coefficient (Wildman–Crippen LogP) is 3.05. The van der Waals surface area contributed by atoms with Crippen molar-refractivity contribution < 1.29 is 0 Å². The van der Waals surface area contributed by atoms with Gasteiger partial charge in [-0.2, -0.15) is 0 Å². The van der Waals surface area contributed by atoms with Gasteiger partial charge in [0.15, 0.2) is 4.34 Å². The summed E-state index contributed by atoms with van der Waals surface area (Å²) in [6, 6.07) is 8.08.